The van der Waals surface area contributed by atoms with Crippen LogP contribution in [-0.4, -0.2) is 25.0 Å². The summed E-state index contributed by atoms with van der Waals surface area (Å²) in [7, 11) is 1.38. The average molecular weight is 314 g/mol. The van der Waals surface area contributed by atoms with E-state index in [1.165, 1.54) is 19.2 Å². The molecule has 4 nitrogen and oxygen atoms in total. The van der Waals surface area contributed by atoms with Crippen LogP contribution in [0.25, 0.3) is 0 Å². The van der Waals surface area contributed by atoms with Gasteiger partial charge in [-0.2, -0.15) is 0 Å². The molecule has 2 rings (SSSR count). The van der Waals surface area contributed by atoms with E-state index in [9.17, 15) is 14.0 Å². The average Bonchev–Trinajstić information content (AvgIpc) is 2.50. The summed E-state index contributed by atoms with van der Waals surface area (Å²) in [6.45, 7) is 0. The third kappa shape index (κ3) is 3.94. The third-order valence-corrected chi connectivity index (χ3v) is 4.09. The van der Waals surface area contributed by atoms with Gasteiger partial charge in [0.2, 0.25) is 0 Å². The molecule has 0 aromatic heterocycles. The Morgan fingerprint density at radius 3 is 2.52 bits per heavy atom. The van der Waals surface area contributed by atoms with Crippen molar-refractivity contribution in [3.05, 3.63) is 34.6 Å². The van der Waals surface area contributed by atoms with Crippen LogP contribution in [0, 0.1) is 11.7 Å². The second-order valence-corrected chi connectivity index (χ2v) is 5.58. The van der Waals surface area contributed by atoms with Crippen LogP contribution in [0.2, 0.25) is 5.02 Å². The van der Waals surface area contributed by atoms with Crippen LogP contribution in [0.3, 0.4) is 0 Å². The molecular formula is C15H17ClFNO3. The van der Waals surface area contributed by atoms with E-state index in [2.05, 4.69) is 5.32 Å². The monoisotopic (exact) mass is 313 g/mol. The molecule has 0 atom stereocenters. The van der Waals surface area contributed by atoms with Crippen molar-refractivity contribution < 1.29 is 18.7 Å². The fourth-order valence-electron chi connectivity index (χ4n) is 2.55. The quantitative estimate of drug-likeness (QED) is 0.873. The van der Waals surface area contributed by atoms with Crippen LogP contribution in [0.4, 0.5) is 4.39 Å². The molecule has 114 valence electrons. The molecule has 0 spiro atoms. The molecule has 1 aliphatic carbocycles. The molecule has 0 unspecified atom stereocenters. The van der Waals surface area contributed by atoms with Gasteiger partial charge in [0.15, 0.2) is 0 Å². The first-order chi connectivity index (χ1) is 10.0. The lowest BCUT2D eigenvalue weighted by Gasteiger charge is -2.27. The molecule has 0 saturated heterocycles. The summed E-state index contributed by atoms with van der Waals surface area (Å²) in [4.78, 5) is 23.5. The van der Waals surface area contributed by atoms with E-state index < -0.39 is 5.82 Å². The molecule has 1 amide bonds. The Balaban J connectivity index is 1.89. The number of benzene rings is 1. The van der Waals surface area contributed by atoms with Crippen molar-refractivity contribution in [2.75, 3.05) is 7.11 Å². The van der Waals surface area contributed by atoms with Crippen molar-refractivity contribution in [1.82, 2.24) is 5.32 Å². The van der Waals surface area contributed by atoms with Crippen LogP contribution in [0.15, 0.2) is 18.2 Å². The molecule has 0 radical (unpaired) electrons. The van der Waals surface area contributed by atoms with E-state index in [1.807, 2.05) is 0 Å². The number of carbonyl (C=O) groups is 2. The van der Waals surface area contributed by atoms with Gasteiger partial charge in [0.25, 0.3) is 5.91 Å². The molecular weight excluding hydrogens is 297 g/mol. The Kier molecular flexibility index (Phi) is 5.17. The molecule has 0 aliphatic heterocycles. The number of methoxy groups -OCH3 is 1. The minimum atomic E-state index is -0.612. The highest BCUT2D eigenvalue weighted by molar-refractivity contribution is 6.30. The number of carbonyl (C=O) groups excluding carboxylic acids is 2. The predicted octanol–water partition coefficient (Wildman–Crippen LogP) is 2.94. The van der Waals surface area contributed by atoms with E-state index in [0.29, 0.717) is 25.7 Å². The molecule has 1 aromatic rings. The van der Waals surface area contributed by atoms with Gasteiger partial charge in [-0.15, -0.1) is 0 Å². The van der Waals surface area contributed by atoms with Gasteiger partial charge in [-0.3, -0.25) is 9.59 Å². The highest BCUT2D eigenvalue weighted by Crippen LogP contribution is 2.25. The fourth-order valence-corrected chi connectivity index (χ4v) is 2.66. The van der Waals surface area contributed by atoms with Gasteiger partial charge in [0.05, 0.1) is 18.1 Å². The Labute approximate surface area is 127 Å². The van der Waals surface area contributed by atoms with Crippen molar-refractivity contribution in [1.29, 1.82) is 0 Å². The topological polar surface area (TPSA) is 55.4 Å². The lowest BCUT2D eigenvalue weighted by molar-refractivity contribution is -0.146. The van der Waals surface area contributed by atoms with E-state index in [4.69, 9.17) is 16.3 Å². The number of halogens is 2. The van der Waals surface area contributed by atoms with E-state index >= 15 is 0 Å². The highest BCUT2D eigenvalue weighted by Gasteiger charge is 2.27. The van der Waals surface area contributed by atoms with Gasteiger partial charge in [0, 0.05) is 11.6 Å². The summed E-state index contributed by atoms with van der Waals surface area (Å²) in [5, 5.41) is 2.85. The Hall–Kier alpha value is -1.62. The van der Waals surface area contributed by atoms with E-state index in [-0.39, 0.29) is 34.4 Å². The summed E-state index contributed by atoms with van der Waals surface area (Å²) in [6, 6.07) is 3.97. The largest absolute Gasteiger partial charge is 0.469 e. The number of rotatable bonds is 3. The lowest BCUT2D eigenvalue weighted by Crippen LogP contribution is -2.38. The molecule has 0 heterocycles. The molecule has 1 N–H and O–H groups in total. The van der Waals surface area contributed by atoms with Gasteiger partial charge < -0.3 is 10.1 Å². The van der Waals surface area contributed by atoms with Crippen LogP contribution in [0.5, 0.6) is 0 Å². The Bertz CT molecular complexity index is 542. The molecule has 1 fully saturated rings. The summed E-state index contributed by atoms with van der Waals surface area (Å²) in [6.07, 6.45) is 2.79. The first-order valence-corrected chi connectivity index (χ1v) is 7.22. The molecule has 1 aromatic carbocycles. The zero-order valence-corrected chi connectivity index (χ0v) is 12.5. The van der Waals surface area contributed by atoms with Gasteiger partial charge in [-0.1, -0.05) is 11.6 Å². The van der Waals surface area contributed by atoms with Crippen molar-refractivity contribution in [2.24, 2.45) is 5.92 Å². The van der Waals surface area contributed by atoms with Crippen molar-refractivity contribution in [3.8, 4) is 0 Å². The summed E-state index contributed by atoms with van der Waals surface area (Å²) < 4.78 is 18.1. The number of nitrogens with one attached hydrogen (secondary N) is 1. The summed E-state index contributed by atoms with van der Waals surface area (Å²) in [5.41, 5.74) is 0.243. The van der Waals surface area contributed by atoms with Crippen LogP contribution in [-0.2, 0) is 9.53 Å². The normalized spacial score (nSPS) is 21.7. The van der Waals surface area contributed by atoms with Gasteiger partial charge >= 0.3 is 5.97 Å². The predicted molar refractivity (Wildman–Crippen MR) is 76.6 cm³/mol. The zero-order valence-electron chi connectivity index (χ0n) is 11.7. The first-order valence-electron chi connectivity index (χ1n) is 6.85. The molecule has 1 saturated carbocycles. The van der Waals surface area contributed by atoms with E-state index in [1.54, 1.807) is 0 Å². The molecule has 6 heteroatoms. The fraction of sp³-hybridized carbons (Fsp3) is 0.467. The number of hydrogen-bond acceptors (Lipinski definition) is 3. The number of hydrogen-bond donors (Lipinski definition) is 1. The first kappa shape index (κ1) is 15.8. The molecule has 21 heavy (non-hydrogen) atoms. The number of ether oxygens (including phenoxy) is 1. The van der Waals surface area contributed by atoms with Crippen LogP contribution < -0.4 is 5.32 Å². The standard InChI is InChI=1S/C15H17ClFNO3/c1-21-15(20)9-2-5-11(6-3-9)18-14(19)10-4-7-12(16)13(17)8-10/h4,7-9,11H,2-3,5-6H2,1H3,(H,18,19). The minimum Gasteiger partial charge on any atom is -0.469 e. The smallest absolute Gasteiger partial charge is 0.308 e. The second-order valence-electron chi connectivity index (χ2n) is 5.17. The maximum atomic E-state index is 13.3. The maximum Gasteiger partial charge on any atom is 0.308 e. The van der Waals surface area contributed by atoms with Crippen LogP contribution in [0.1, 0.15) is 36.0 Å². The maximum absolute atomic E-state index is 13.3. The SMILES string of the molecule is COC(=O)C1CCC(NC(=O)c2ccc(Cl)c(F)c2)CC1. The van der Waals surface area contributed by atoms with E-state index in [0.717, 1.165) is 6.07 Å². The Morgan fingerprint density at radius 2 is 1.95 bits per heavy atom. The number of esters is 1. The van der Waals surface area contributed by atoms with Gasteiger partial charge in [-0.05, 0) is 43.9 Å². The zero-order chi connectivity index (χ0) is 15.4. The third-order valence-electron chi connectivity index (χ3n) is 3.78. The van der Waals surface area contributed by atoms with Crippen LogP contribution >= 0.6 is 11.6 Å². The van der Waals surface area contributed by atoms with Gasteiger partial charge in [0.1, 0.15) is 5.82 Å². The second kappa shape index (κ2) is 6.89. The van der Waals surface area contributed by atoms with Crippen molar-refractivity contribution >= 4 is 23.5 Å². The Morgan fingerprint density at radius 1 is 1.29 bits per heavy atom. The lowest BCUT2D eigenvalue weighted by atomic mass is 9.86. The van der Waals surface area contributed by atoms with Gasteiger partial charge in [-0.25, -0.2) is 4.39 Å². The van der Waals surface area contributed by atoms with Crippen molar-refractivity contribution in [2.45, 2.75) is 31.7 Å². The molecule has 1 aliphatic rings. The number of amides is 1. The van der Waals surface area contributed by atoms with Crippen molar-refractivity contribution in [3.63, 3.8) is 0 Å². The molecule has 0 bridgehead atoms. The summed E-state index contributed by atoms with van der Waals surface area (Å²) in [5.74, 6) is -1.22. The highest BCUT2D eigenvalue weighted by atomic mass is 35.5. The summed E-state index contributed by atoms with van der Waals surface area (Å²) >= 11 is 5.59. The minimum absolute atomic E-state index is 0.00264.